The molecule has 0 aliphatic carbocycles. The van der Waals surface area contributed by atoms with E-state index in [1.165, 1.54) is 4.90 Å². The highest BCUT2D eigenvalue weighted by Crippen LogP contribution is 2.40. The Morgan fingerprint density at radius 2 is 1.94 bits per heavy atom. The van der Waals surface area contributed by atoms with Crippen LogP contribution in [0.15, 0.2) is 48.2 Å². The number of aliphatic hydroxyl groups is 1. The van der Waals surface area contributed by atoms with Crippen molar-refractivity contribution in [3.05, 3.63) is 59.4 Å². The van der Waals surface area contributed by atoms with Crippen molar-refractivity contribution in [2.24, 2.45) is 0 Å². The first-order valence-electron chi connectivity index (χ1n) is 10.4. The molecule has 8 nitrogen and oxygen atoms in total. The van der Waals surface area contributed by atoms with Gasteiger partial charge in [-0.1, -0.05) is 19.9 Å². The number of likely N-dealkylation sites (tertiary alicyclic amines) is 1. The number of pyridine rings is 1. The standard InChI is InChI=1S/C23H25N3O5/c1-3-25(4-2)11-12-26-20(16-7-5-6-10-24-16)19(22(28)23(26)29)21(27)15-8-9-17-18(13-15)31-14-30-17/h5-10,13,20,27H,3-4,11-12,14H2,1-2H3/b21-19+. The topological polar surface area (TPSA) is 92.2 Å². The summed E-state index contributed by atoms with van der Waals surface area (Å²) in [5.41, 5.74) is 0.942. The molecule has 1 aromatic heterocycles. The molecule has 162 valence electrons. The normalized spacial score (nSPS) is 19.5. The Morgan fingerprint density at radius 3 is 2.65 bits per heavy atom. The van der Waals surface area contributed by atoms with Crippen molar-refractivity contribution in [2.75, 3.05) is 33.0 Å². The van der Waals surface area contributed by atoms with E-state index in [0.717, 1.165) is 13.1 Å². The Labute approximate surface area is 180 Å². The van der Waals surface area contributed by atoms with Crippen LogP contribution in [0, 0.1) is 0 Å². The monoisotopic (exact) mass is 423 g/mol. The second-order valence-electron chi connectivity index (χ2n) is 7.34. The van der Waals surface area contributed by atoms with Crippen LogP contribution >= 0.6 is 0 Å². The van der Waals surface area contributed by atoms with Gasteiger partial charge in [-0.2, -0.15) is 0 Å². The van der Waals surface area contributed by atoms with E-state index in [1.807, 2.05) is 13.8 Å². The van der Waals surface area contributed by atoms with E-state index < -0.39 is 17.7 Å². The van der Waals surface area contributed by atoms with Crippen LogP contribution in [0.25, 0.3) is 5.76 Å². The van der Waals surface area contributed by atoms with Gasteiger partial charge in [0.2, 0.25) is 6.79 Å². The molecule has 31 heavy (non-hydrogen) atoms. The number of hydrogen-bond acceptors (Lipinski definition) is 7. The van der Waals surface area contributed by atoms with Crippen molar-refractivity contribution < 1.29 is 24.2 Å². The molecule has 1 fully saturated rings. The molecule has 4 rings (SSSR count). The number of benzene rings is 1. The van der Waals surface area contributed by atoms with Crippen molar-refractivity contribution in [3.8, 4) is 11.5 Å². The third-order valence-electron chi connectivity index (χ3n) is 5.71. The number of aliphatic hydroxyl groups excluding tert-OH is 1. The highest BCUT2D eigenvalue weighted by Gasteiger charge is 2.46. The predicted octanol–water partition coefficient (Wildman–Crippen LogP) is 2.57. The Kier molecular flexibility index (Phi) is 5.90. The van der Waals surface area contributed by atoms with Crippen LogP contribution in [0.2, 0.25) is 0 Å². The summed E-state index contributed by atoms with van der Waals surface area (Å²) in [7, 11) is 0. The lowest BCUT2D eigenvalue weighted by Crippen LogP contribution is -2.38. The molecule has 2 aromatic rings. The van der Waals surface area contributed by atoms with Crippen molar-refractivity contribution in [1.82, 2.24) is 14.8 Å². The first kappa shape index (κ1) is 20.9. The Balaban J connectivity index is 1.77. The zero-order valence-corrected chi connectivity index (χ0v) is 17.6. The van der Waals surface area contributed by atoms with Gasteiger partial charge >= 0.3 is 0 Å². The lowest BCUT2D eigenvalue weighted by Gasteiger charge is -2.27. The van der Waals surface area contributed by atoms with Gasteiger partial charge < -0.3 is 24.4 Å². The number of hydrogen-bond donors (Lipinski definition) is 1. The average Bonchev–Trinajstić information content (AvgIpc) is 3.37. The second kappa shape index (κ2) is 8.77. The van der Waals surface area contributed by atoms with Crippen LogP contribution in [0.4, 0.5) is 0 Å². The van der Waals surface area contributed by atoms with Gasteiger partial charge in [0.25, 0.3) is 11.7 Å². The number of aromatic nitrogens is 1. The predicted molar refractivity (Wildman–Crippen MR) is 114 cm³/mol. The van der Waals surface area contributed by atoms with Crippen molar-refractivity contribution in [1.29, 1.82) is 0 Å². The molecule has 1 amide bonds. The number of amides is 1. The van der Waals surface area contributed by atoms with E-state index in [9.17, 15) is 14.7 Å². The first-order chi connectivity index (χ1) is 15.0. The number of likely N-dealkylation sites (N-methyl/N-ethyl adjacent to an activating group) is 1. The molecule has 0 bridgehead atoms. The number of nitrogens with zero attached hydrogens (tertiary/aromatic N) is 3. The largest absolute Gasteiger partial charge is 0.507 e. The lowest BCUT2D eigenvalue weighted by molar-refractivity contribution is -0.140. The second-order valence-corrected chi connectivity index (χ2v) is 7.34. The summed E-state index contributed by atoms with van der Waals surface area (Å²) in [6, 6.07) is 9.48. The number of ketones is 1. The van der Waals surface area contributed by atoms with Crippen molar-refractivity contribution >= 4 is 17.4 Å². The summed E-state index contributed by atoms with van der Waals surface area (Å²) in [6.07, 6.45) is 1.61. The van der Waals surface area contributed by atoms with Gasteiger partial charge in [0.1, 0.15) is 11.8 Å². The maximum absolute atomic E-state index is 13.0. The fourth-order valence-electron chi connectivity index (χ4n) is 3.94. The van der Waals surface area contributed by atoms with E-state index in [-0.39, 0.29) is 18.1 Å². The summed E-state index contributed by atoms with van der Waals surface area (Å²) in [4.78, 5) is 34.0. The summed E-state index contributed by atoms with van der Waals surface area (Å²) in [5, 5.41) is 11.1. The minimum absolute atomic E-state index is 0.0297. The van der Waals surface area contributed by atoms with Gasteiger partial charge in [-0.25, -0.2) is 0 Å². The van der Waals surface area contributed by atoms with Gasteiger partial charge in [0.05, 0.1) is 11.3 Å². The number of Topliss-reactive ketones (excluding diaryl/α,β-unsaturated/α-hetero) is 1. The summed E-state index contributed by atoms with van der Waals surface area (Å²) in [6.45, 7) is 6.85. The van der Waals surface area contributed by atoms with E-state index in [2.05, 4.69) is 9.88 Å². The number of carbonyl (C=O) groups excluding carboxylic acids is 2. The third-order valence-corrected chi connectivity index (χ3v) is 5.71. The molecule has 2 aliphatic rings. The van der Waals surface area contributed by atoms with Crippen molar-refractivity contribution in [2.45, 2.75) is 19.9 Å². The molecule has 8 heteroatoms. The van der Waals surface area contributed by atoms with E-state index in [1.54, 1.807) is 42.6 Å². The van der Waals surface area contributed by atoms with Crippen LogP contribution in [0.1, 0.15) is 31.1 Å². The van der Waals surface area contributed by atoms with Gasteiger partial charge in [0.15, 0.2) is 11.5 Å². The van der Waals surface area contributed by atoms with Gasteiger partial charge in [-0.05, 0) is 43.4 Å². The molecule has 1 saturated heterocycles. The van der Waals surface area contributed by atoms with E-state index in [0.29, 0.717) is 35.8 Å². The summed E-state index contributed by atoms with van der Waals surface area (Å²) < 4.78 is 10.7. The van der Waals surface area contributed by atoms with Crippen LogP contribution in [-0.4, -0.2) is 64.6 Å². The van der Waals surface area contributed by atoms with Gasteiger partial charge in [-0.15, -0.1) is 0 Å². The van der Waals surface area contributed by atoms with Crippen LogP contribution < -0.4 is 9.47 Å². The number of ether oxygens (including phenoxy) is 2. The fourth-order valence-corrected chi connectivity index (χ4v) is 3.94. The number of carbonyl (C=O) groups is 2. The highest BCUT2D eigenvalue weighted by atomic mass is 16.7. The SMILES string of the molecule is CCN(CC)CCN1C(=O)C(=O)/C(=C(/O)c2ccc3c(c2)OCO3)C1c1ccccn1. The van der Waals surface area contributed by atoms with Gasteiger partial charge in [-0.3, -0.25) is 14.6 Å². The quantitative estimate of drug-likeness (QED) is 0.416. The molecule has 1 atom stereocenters. The van der Waals surface area contributed by atoms with Crippen LogP contribution in [-0.2, 0) is 9.59 Å². The fraction of sp³-hybridized carbons (Fsp3) is 0.348. The van der Waals surface area contributed by atoms with Crippen LogP contribution in [0.3, 0.4) is 0 Å². The molecule has 2 aliphatic heterocycles. The first-order valence-corrected chi connectivity index (χ1v) is 10.4. The molecular weight excluding hydrogens is 398 g/mol. The lowest BCUT2D eigenvalue weighted by atomic mass is 9.98. The molecular formula is C23H25N3O5. The maximum atomic E-state index is 13.0. The molecule has 1 unspecified atom stereocenters. The third kappa shape index (κ3) is 3.86. The molecule has 1 aromatic carbocycles. The minimum atomic E-state index is -0.762. The maximum Gasteiger partial charge on any atom is 0.295 e. The van der Waals surface area contributed by atoms with E-state index >= 15 is 0 Å². The Hall–Kier alpha value is -3.39. The zero-order chi connectivity index (χ0) is 22.0. The zero-order valence-electron chi connectivity index (χ0n) is 17.6. The molecule has 3 heterocycles. The average molecular weight is 423 g/mol. The molecule has 0 spiro atoms. The smallest absolute Gasteiger partial charge is 0.295 e. The molecule has 0 radical (unpaired) electrons. The number of rotatable bonds is 7. The Morgan fingerprint density at radius 1 is 1.16 bits per heavy atom. The summed E-state index contributed by atoms with van der Waals surface area (Å²) in [5.74, 6) is -0.556. The minimum Gasteiger partial charge on any atom is -0.507 e. The number of fused-ring (bicyclic) bond motifs is 1. The van der Waals surface area contributed by atoms with Crippen LogP contribution in [0.5, 0.6) is 11.5 Å². The molecule has 1 N–H and O–H groups in total. The highest BCUT2D eigenvalue weighted by molar-refractivity contribution is 6.46. The van der Waals surface area contributed by atoms with Crippen molar-refractivity contribution in [3.63, 3.8) is 0 Å². The van der Waals surface area contributed by atoms with Gasteiger partial charge in [0, 0.05) is 24.8 Å². The van der Waals surface area contributed by atoms with E-state index in [4.69, 9.17) is 9.47 Å². The summed E-state index contributed by atoms with van der Waals surface area (Å²) >= 11 is 0. The Bertz CT molecular complexity index is 1020. The molecule has 0 saturated carbocycles.